The largest absolute Gasteiger partial charge is 0.207 e. The van der Waals surface area contributed by atoms with Gasteiger partial charge in [-0.3, -0.25) is 0 Å². The van der Waals surface area contributed by atoms with Gasteiger partial charge >= 0.3 is 0 Å². The topological polar surface area (TPSA) is 0 Å². The minimum absolute atomic E-state index is 0.00929. The molecule has 0 amide bonds. The smallest absolute Gasteiger partial charge is 0.126 e. The summed E-state index contributed by atoms with van der Waals surface area (Å²) in [5.74, 6) is -14.0. The van der Waals surface area contributed by atoms with E-state index in [1.54, 1.807) is 71.8 Å². The Balaban J connectivity index is 0.925. The summed E-state index contributed by atoms with van der Waals surface area (Å²) < 4.78 is 182. The van der Waals surface area contributed by atoms with Crippen molar-refractivity contribution in [1.82, 2.24) is 0 Å². The van der Waals surface area contributed by atoms with E-state index in [-0.39, 0.29) is 82.9 Å². The monoisotopic (exact) mass is 1320 g/mol. The van der Waals surface area contributed by atoms with E-state index in [1.807, 2.05) is 0 Å². The van der Waals surface area contributed by atoms with Crippen LogP contribution < -0.4 is 0 Å². The van der Waals surface area contributed by atoms with E-state index in [1.165, 1.54) is 133 Å². The first-order valence-electron chi connectivity index (χ1n) is 37.5. The zero-order chi connectivity index (χ0) is 64.4. The van der Waals surface area contributed by atoms with Crippen molar-refractivity contribution in [3.8, 4) is 0 Å². The average Bonchev–Trinajstić information content (AvgIpc) is 1.37. The SMILES string of the molecule is CC12C3=C4C5=C1C1(c6cc(F)cc(F)c6)C6C7=C8C9=C%10C%11=C%12C(=C%13C%14C%15C%16=C%17c%18c%19c%20c%21c%22c%23c%24c%25c%21c%18C%18=C%25C%21C(C%24=C7C%23C9C7=C%22C%20=C9C(C%107)C%12C%14C9C%16%19)C6C5(c5cc(F)cc(F)c5)C%21C5C%18C%17C(C%15C%133c3cc(F)cc(F)c3)C45c3cc(F)cc(F)c3)C2(c2cc(F)cc(F)c2)C%11C81. The van der Waals surface area contributed by atoms with E-state index in [0.717, 1.165) is 63.8 Å². The molecule has 0 aliphatic heterocycles. The molecule has 101 heavy (non-hydrogen) atoms. The second-order valence-electron chi connectivity index (χ2n) is 37.7. The van der Waals surface area contributed by atoms with Gasteiger partial charge < -0.3 is 0 Å². The maximum atomic E-state index is 18.3. The molecule has 474 valence electrons. The molecular formula is C91H40F10. The number of hydrogen-bond acceptors (Lipinski definition) is 0. The Labute approximate surface area is 565 Å². The number of allylic oxidation sites excluding steroid dienone is 22. The van der Waals surface area contributed by atoms with Crippen molar-refractivity contribution in [1.29, 1.82) is 0 Å². The summed E-state index contributed by atoms with van der Waals surface area (Å²) in [6.07, 6.45) is 0. The number of rotatable bonds is 5. The lowest BCUT2D eigenvalue weighted by Crippen LogP contribution is -2.71. The first-order chi connectivity index (χ1) is 49.2. The Morgan fingerprint density at radius 1 is 0.287 bits per heavy atom. The third-order valence-electron chi connectivity index (χ3n) is 37.9. The molecule has 7 saturated carbocycles. The molecule has 28 unspecified atom stereocenters. The van der Waals surface area contributed by atoms with Gasteiger partial charge in [0.1, 0.15) is 58.2 Å². The van der Waals surface area contributed by atoms with Crippen LogP contribution in [0.4, 0.5) is 43.9 Å². The van der Waals surface area contributed by atoms with Gasteiger partial charge in [0.15, 0.2) is 0 Å². The molecule has 7 aromatic rings. The van der Waals surface area contributed by atoms with Crippen LogP contribution >= 0.6 is 0 Å². The van der Waals surface area contributed by atoms with Crippen LogP contribution in [0, 0.1) is 182 Å². The molecule has 37 rings (SSSR count). The van der Waals surface area contributed by atoms with Gasteiger partial charge in [0.05, 0.1) is 0 Å². The molecule has 0 N–H and O–H groups in total. The average molecular weight is 1320 g/mol. The van der Waals surface area contributed by atoms with Gasteiger partial charge in [-0.25, -0.2) is 43.9 Å². The molecule has 0 heterocycles. The normalized spacial score (nSPS) is 48.7. The van der Waals surface area contributed by atoms with Gasteiger partial charge in [0.2, 0.25) is 0 Å². The highest BCUT2D eigenvalue weighted by Gasteiger charge is 3.00. The minimum Gasteiger partial charge on any atom is -0.207 e. The number of halogens is 10. The molecule has 0 aromatic heterocycles. The first-order valence-corrected chi connectivity index (χ1v) is 37.5. The van der Waals surface area contributed by atoms with Gasteiger partial charge in [0, 0.05) is 104 Å². The Bertz CT molecular complexity index is 6770. The van der Waals surface area contributed by atoms with E-state index in [4.69, 9.17) is 0 Å². The van der Waals surface area contributed by atoms with Gasteiger partial charge in [0.25, 0.3) is 0 Å². The van der Waals surface area contributed by atoms with Crippen LogP contribution in [0.15, 0.2) is 180 Å². The van der Waals surface area contributed by atoms with E-state index in [2.05, 4.69) is 6.92 Å². The van der Waals surface area contributed by atoms with E-state index in [0.29, 0.717) is 27.8 Å². The minimum atomic E-state index is -1.61. The summed E-state index contributed by atoms with van der Waals surface area (Å²) in [6.45, 7) is 2.33. The summed E-state index contributed by atoms with van der Waals surface area (Å²) in [7, 11) is 0. The zero-order valence-corrected chi connectivity index (χ0v) is 52.6. The lowest BCUT2D eigenvalue weighted by molar-refractivity contribution is 0.00330. The van der Waals surface area contributed by atoms with Crippen LogP contribution in [0.1, 0.15) is 91.1 Å². The van der Waals surface area contributed by atoms with Crippen LogP contribution in [0.3, 0.4) is 0 Å². The second kappa shape index (κ2) is 12.0. The first kappa shape index (κ1) is 47.4. The third kappa shape index (κ3) is 3.18. The molecule has 0 spiro atoms. The summed E-state index contributed by atoms with van der Waals surface area (Å²) in [5, 5.41) is 2.82. The molecule has 0 bridgehead atoms. The molecule has 0 nitrogen and oxygen atoms in total. The third-order valence-corrected chi connectivity index (χ3v) is 37.9. The van der Waals surface area contributed by atoms with Crippen molar-refractivity contribution in [2.45, 2.75) is 45.8 Å². The van der Waals surface area contributed by atoms with Crippen LogP contribution in [0.2, 0.25) is 0 Å². The Morgan fingerprint density at radius 3 is 1.39 bits per heavy atom. The Hall–Kier alpha value is -8.76. The zero-order valence-electron chi connectivity index (χ0n) is 52.6. The highest BCUT2D eigenvalue weighted by molar-refractivity contribution is 6.36. The van der Waals surface area contributed by atoms with Crippen LogP contribution in [0.25, 0.3) is 44.2 Å². The Morgan fingerprint density at radius 2 is 0.752 bits per heavy atom. The van der Waals surface area contributed by atoms with Gasteiger partial charge in [-0.05, 0) is 344 Å². The lowest BCUT2D eigenvalue weighted by Gasteiger charge is -2.72. The van der Waals surface area contributed by atoms with Crippen molar-refractivity contribution in [2.75, 3.05) is 0 Å². The maximum Gasteiger partial charge on any atom is 0.126 e. The molecule has 7 aromatic carbocycles. The molecule has 30 aliphatic rings. The highest BCUT2D eigenvalue weighted by Crippen LogP contribution is 3.06. The lowest BCUT2D eigenvalue weighted by atomic mass is 9.29. The van der Waals surface area contributed by atoms with Crippen molar-refractivity contribution in [3.63, 3.8) is 0 Å². The van der Waals surface area contributed by atoms with Gasteiger partial charge in [-0.2, -0.15) is 0 Å². The maximum absolute atomic E-state index is 18.3. The van der Waals surface area contributed by atoms with Crippen molar-refractivity contribution in [3.05, 3.63) is 311 Å². The second-order valence-corrected chi connectivity index (χ2v) is 37.7. The molecule has 30 aliphatic carbocycles. The van der Waals surface area contributed by atoms with Gasteiger partial charge in [-0.1, -0.05) is 18.1 Å². The molecular weight excluding hydrogens is 1280 g/mol. The van der Waals surface area contributed by atoms with Crippen LogP contribution in [0.5, 0.6) is 0 Å². The fraction of sp³-hybridized carbons (Fsp3) is 0.319. The summed E-state index contributed by atoms with van der Waals surface area (Å²) in [5.41, 5.74) is 32.7. The summed E-state index contributed by atoms with van der Waals surface area (Å²) in [6, 6.07) is 21.0. The van der Waals surface area contributed by atoms with Crippen LogP contribution in [-0.2, 0) is 27.1 Å². The Kier molecular flexibility index (Phi) is 5.62. The van der Waals surface area contributed by atoms with E-state index >= 15 is 43.9 Å². The van der Waals surface area contributed by atoms with Crippen molar-refractivity contribution < 1.29 is 43.9 Å². The molecule has 0 radical (unpaired) electrons. The standard InChI is InChI=1S/C91H40F10/c1-86-84-82-83-85(86)90(20-8-28(98)15-29(99)9-20)77-67-57-47-39-34-32-33-35-36(34)41-49(47)59-61-51(41)50-40(35)48-46-38(33)44-42-37(32)43-45(39)55(57)65-63-53(43)52(42)62-64-54(44)56(46)66-68-58(48)60(50)70-71(61)81(79(90)69(59)67)91(86,21-10-30(100)16-31(101)11-21)80(70)78(68)89(84,19-6-26(96)14-27(97)7-19)76(66)74(64)87(82,17-2-22(92)12-23(93)3-17)72(62)73(63)88(83,75(65)77)18-4-24(94)13-25(95)5-18/h2-16,46-51,58,60,62-66,68,72-77,79,81H,1H3. The van der Waals surface area contributed by atoms with Gasteiger partial charge in [-0.15, -0.1) is 0 Å². The fourth-order valence-corrected chi connectivity index (χ4v) is 39.6. The molecule has 7 fully saturated rings. The fourth-order valence-electron chi connectivity index (χ4n) is 39.6. The summed E-state index contributed by atoms with van der Waals surface area (Å²) >= 11 is 0. The van der Waals surface area contributed by atoms with E-state index < -0.39 is 138 Å². The number of benzene rings is 7. The van der Waals surface area contributed by atoms with Crippen molar-refractivity contribution >= 4 is 44.2 Å². The van der Waals surface area contributed by atoms with Crippen LogP contribution in [-0.4, -0.2) is 0 Å². The molecule has 10 heteroatoms. The highest BCUT2D eigenvalue weighted by atomic mass is 19.2. The quantitative estimate of drug-likeness (QED) is 0.151. The molecule has 28 atom stereocenters. The predicted molar refractivity (Wildman–Crippen MR) is 344 cm³/mol. The molecule has 0 saturated heterocycles. The predicted octanol–water partition coefficient (Wildman–Crippen LogP) is 17.8. The van der Waals surface area contributed by atoms with Crippen molar-refractivity contribution in [2.24, 2.45) is 124 Å². The number of hydrogen-bond donors (Lipinski definition) is 0. The summed E-state index contributed by atoms with van der Waals surface area (Å²) in [4.78, 5) is 0. The van der Waals surface area contributed by atoms with E-state index in [9.17, 15) is 0 Å².